The van der Waals surface area contributed by atoms with Gasteiger partial charge in [0.05, 0.1) is 5.57 Å². The van der Waals surface area contributed by atoms with E-state index in [0.29, 0.717) is 11.1 Å². The molecule has 0 aliphatic carbocycles. The van der Waals surface area contributed by atoms with Gasteiger partial charge in [-0.15, -0.1) is 0 Å². The molecule has 2 aromatic carbocycles. The molecule has 0 unspecified atom stereocenters. The largest absolute Gasteiger partial charge is 0.504 e. The van der Waals surface area contributed by atoms with Crippen molar-refractivity contribution in [2.45, 2.75) is 0 Å². The molecule has 0 fully saturated rings. The van der Waals surface area contributed by atoms with Crippen molar-refractivity contribution < 1.29 is 19.4 Å². The Labute approximate surface area is 132 Å². The van der Waals surface area contributed by atoms with Crippen LogP contribution in [0.5, 0.6) is 0 Å². The lowest BCUT2D eigenvalue weighted by molar-refractivity contribution is -0.131. The second-order valence-electron chi connectivity index (χ2n) is 4.91. The molecule has 0 saturated carbocycles. The fourth-order valence-electron chi connectivity index (χ4n) is 2.42. The van der Waals surface area contributed by atoms with E-state index in [1.807, 2.05) is 0 Å². The number of hydrogen-bond donors (Lipinski definition) is 2. The fourth-order valence-corrected chi connectivity index (χ4v) is 2.42. The van der Waals surface area contributed by atoms with Crippen molar-refractivity contribution in [3.05, 3.63) is 83.3 Å². The fraction of sp³-hybridized carbons (Fsp3) is 0. The SMILES string of the molecule is NC(=O)C(=C1OC(=O)C(c2ccccc2)=C1O)c1ccccc1. The molecule has 1 aliphatic rings. The lowest BCUT2D eigenvalue weighted by Gasteiger charge is -2.07. The molecule has 0 bridgehead atoms. The Morgan fingerprint density at radius 1 is 0.957 bits per heavy atom. The standard InChI is InChI=1S/C18H13NO4/c19-17(21)14(12-9-5-2-6-10-12)16-15(20)13(18(22)23-16)11-7-3-1-4-8-11/h1-10,20H,(H2,19,21). The molecule has 0 radical (unpaired) electrons. The van der Waals surface area contributed by atoms with Crippen molar-refractivity contribution >= 4 is 23.0 Å². The van der Waals surface area contributed by atoms with E-state index in [4.69, 9.17) is 10.5 Å². The number of benzene rings is 2. The zero-order valence-electron chi connectivity index (χ0n) is 12.0. The number of aliphatic hydroxyl groups excluding tert-OH is 1. The third-order valence-corrected chi connectivity index (χ3v) is 3.45. The van der Waals surface area contributed by atoms with Crippen LogP contribution < -0.4 is 5.73 Å². The first-order valence-electron chi connectivity index (χ1n) is 6.90. The van der Waals surface area contributed by atoms with Crippen LogP contribution in [0.2, 0.25) is 0 Å². The predicted molar refractivity (Wildman–Crippen MR) is 84.6 cm³/mol. The van der Waals surface area contributed by atoms with Gasteiger partial charge in [-0.25, -0.2) is 4.79 Å². The Bertz CT molecular complexity index is 836. The van der Waals surface area contributed by atoms with Crippen molar-refractivity contribution in [1.82, 2.24) is 0 Å². The topological polar surface area (TPSA) is 89.6 Å². The van der Waals surface area contributed by atoms with Gasteiger partial charge in [0.1, 0.15) is 5.57 Å². The number of ether oxygens (including phenoxy) is 1. The molecule has 0 spiro atoms. The molecule has 5 heteroatoms. The van der Waals surface area contributed by atoms with Crippen LogP contribution in [0.3, 0.4) is 0 Å². The minimum atomic E-state index is -0.792. The van der Waals surface area contributed by atoms with Crippen LogP contribution in [0.15, 0.2) is 72.2 Å². The molecule has 3 rings (SSSR count). The van der Waals surface area contributed by atoms with Crippen molar-refractivity contribution in [2.75, 3.05) is 0 Å². The van der Waals surface area contributed by atoms with E-state index in [1.54, 1.807) is 60.7 Å². The second-order valence-corrected chi connectivity index (χ2v) is 4.91. The molecule has 1 aliphatic heterocycles. The third-order valence-electron chi connectivity index (χ3n) is 3.45. The maximum atomic E-state index is 12.1. The molecule has 1 heterocycles. The van der Waals surface area contributed by atoms with Crippen LogP contribution in [0, 0.1) is 0 Å². The average molecular weight is 307 g/mol. The molecule has 114 valence electrons. The van der Waals surface area contributed by atoms with Crippen molar-refractivity contribution in [3.8, 4) is 0 Å². The number of rotatable bonds is 3. The Balaban J connectivity index is 2.21. The molecule has 1 amide bonds. The number of aliphatic hydroxyl groups is 1. The summed E-state index contributed by atoms with van der Waals surface area (Å²) in [4.78, 5) is 23.9. The first-order valence-corrected chi connectivity index (χ1v) is 6.90. The summed E-state index contributed by atoms with van der Waals surface area (Å²) < 4.78 is 5.13. The lowest BCUT2D eigenvalue weighted by atomic mass is 10.0. The highest BCUT2D eigenvalue weighted by molar-refractivity contribution is 6.26. The number of carbonyl (C=O) groups is 2. The van der Waals surface area contributed by atoms with E-state index in [1.165, 1.54) is 0 Å². The summed E-state index contributed by atoms with van der Waals surface area (Å²) in [6.07, 6.45) is 0. The minimum Gasteiger partial charge on any atom is -0.504 e. The molecule has 0 saturated heterocycles. The van der Waals surface area contributed by atoms with Crippen molar-refractivity contribution in [1.29, 1.82) is 0 Å². The van der Waals surface area contributed by atoms with Gasteiger partial charge < -0.3 is 15.6 Å². The highest BCUT2D eigenvalue weighted by Crippen LogP contribution is 2.35. The molecule has 0 atom stereocenters. The zero-order valence-corrected chi connectivity index (χ0v) is 12.0. The van der Waals surface area contributed by atoms with Gasteiger partial charge in [0, 0.05) is 0 Å². The van der Waals surface area contributed by atoms with E-state index in [2.05, 4.69) is 0 Å². The third kappa shape index (κ3) is 2.60. The van der Waals surface area contributed by atoms with Gasteiger partial charge in [-0.3, -0.25) is 4.79 Å². The zero-order chi connectivity index (χ0) is 16.4. The van der Waals surface area contributed by atoms with Gasteiger partial charge in [-0.1, -0.05) is 60.7 Å². The number of nitrogens with two attached hydrogens (primary N) is 1. The second kappa shape index (κ2) is 5.81. The summed E-state index contributed by atoms with van der Waals surface area (Å²) in [6, 6.07) is 17.1. The first kappa shape index (κ1) is 14.6. The molecule has 2 aromatic rings. The quantitative estimate of drug-likeness (QED) is 0.673. The van der Waals surface area contributed by atoms with E-state index in [0.717, 1.165) is 0 Å². The summed E-state index contributed by atoms with van der Waals surface area (Å²) in [5, 5.41) is 10.4. The highest BCUT2D eigenvalue weighted by atomic mass is 16.6. The average Bonchev–Trinajstić information content (AvgIpc) is 2.84. The maximum Gasteiger partial charge on any atom is 0.348 e. The summed E-state index contributed by atoms with van der Waals surface area (Å²) in [7, 11) is 0. The van der Waals surface area contributed by atoms with E-state index >= 15 is 0 Å². The molecule has 0 aromatic heterocycles. The van der Waals surface area contributed by atoms with Gasteiger partial charge >= 0.3 is 5.97 Å². The molecular weight excluding hydrogens is 294 g/mol. The summed E-state index contributed by atoms with van der Waals surface area (Å²) in [5.74, 6) is -2.12. The van der Waals surface area contributed by atoms with Crippen LogP contribution in [-0.4, -0.2) is 17.0 Å². The van der Waals surface area contributed by atoms with Crippen LogP contribution in [0.1, 0.15) is 11.1 Å². The Hall–Kier alpha value is -3.34. The maximum absolute atomic E-state index is 12.1. The summed E-state index contributed by atoms with van der Waals surface area (Å²) >= 11 is 0. The predicted octanol–water partition coefficient (Wildman–Crippen LogP) is 2.41. The molecule has 5 nitrogen and oxygen atoms in total. The van der Waals surface area contributed by atoms with Gasteiger partial charge in [0.15, 0.2) is 11.5 Å². The van der Waals surface area contributed by atoms with E-state index in [-0.39, 0.29) is 22.7 Å². The number of cyclic esters (lactones) is 1. The van der Waals surface area contributed by atoms with Crippen LogP contribution in [0.4, 0.5) is 0 Å². The van der Waals surface area contributed by atoms with Gasteiger partial charge in [-0.05, 0) is 11.1 Å². The number of primary amides is 1. The Kier molecular flexibility index (Phi) is 3.68. The smallest absolute Gasteiger partial charge is 0.348 e. The van der Waals surface area contributed by atoms with Crippen LogP contribution >= 0.6 is 0 Å². The lowest BCUT2D eigenvalue weighted by Crippen LogP contribution is -2.16. The van der Waals surface area contributed by atoms with E-state index in [9.17, 15) is 14.7 Å². The number of amides is 1. The number of hydrogen-bond acceptors (Lipinski definition) is 4. The van der Waals surface area contributed by atoms with Gasteiger partial charge in [0.2, 0.25) is 0 Å². The first-order chi connectivity index (χ1) is 11.1. The molecule has 3 N–H and O–H groups in total. The summed E-state index contributed by atoms with van der Waals surface area (Å²) in [5.41, 5.74) is 6.35. The van der Waals surface area contributed by atoms with E-state index < -0.39 is 11.9 Å². The monoisotopic (exact) mass is 307 g/mol. The van der Waals surface area contributed by atoms with Crippen molar-refractivity contribution in [3.63, 3.8) is 0 Å². The van der Waals surface area contributed by atoms with Crippen LogP contribution in [0.25, 0.3) is 11.1 Å². The minimum absolute atomic E-state index is 0.00952. The van der Waals surface area contributed by atoms with Crippen molar-refractivity contribution in [2.24, 2.45) is 5.73 Å². The number of esters is 1. The van der Waals surface area contributed by atoms with Gasteiger partial charge in [0.25, 0.3) is 5.91 Å². The normalized spacial score (nSPS) is 16.3. The van der Waals surface area contributed by atoms with Crippen LogP contribution in [-0.2, 0) is 14.3 Å². The summed E-state index contributed by atoms with van der Waals surface area (Å²) in [6.45, 7) is 0. The van der Waals surface area contributed by atoms with Gasteiger partial charge in [-0.2, -0.15) is 0 Å². The molecule has 23 heavy (non-hydrogen) atoms. The molecular formula is C18H13NO4. The highest BCUT2D eigenvalue weighted by Gasteiger charge is 2.35. The Morgan fingerprint density at radius 2 is 1.52 bits per heavy atom. The Morgan fingerprint density at radius 3 is 2.09 bits per heavy atom. The number of carbonyl (C=O) groups excluding carboxylic acids is 2.